The van der Waals surface area contributed by atoms with Crippen LogP contribution in [0.25, 0.3) is 0 Å². The van der Waals surface area contributed by atoms with E-state index in [0.717, 1.165) is 0 Å². The number of ether oxygens (including phenoxy) is 1. The van der Waals surface area contributed by atoms with Gasteiger partial charge in [-0.25, -0.2) is 4.79 Å². The molecule has 8 nitrogen and oxygen atoms in total. The summed E-state index contributed by atoms with van der Waals surface area (Å²) in [6.45, 7) is 1.05. The standard InChI is InChI=1S/C10H17N3O5/c1-10(17)6(4-8(15)18-10)12-7(14)5-11-9(16)13(2)3/h6,17H,4-5H2,1-3H3,(H,11,16)(H,12,14). The van der Waals surface area contributed by atoms with E-state index in [-0.39, 0.29) is 13.0 Å². The Balaban J connectivity index is 2.41. The smallest absolute Gasteiger partial charge is 0.317 e. The topological polar surface area (TPSA) is 108 Å². The summed E-state index contributed by atoms with van der Waals surface area (Å²) in [4.78, 5) is 34.9. The molecule has 3 amide bonds. The molecular weight excluding hydrogens is 242 g/mol. The Kier molecular flexibility index (Phi) is 4.12. The first kappa shape index (κ1) is 14.2. The van der Waals surface area contributed by atoms with Crippen molar-refractivity contribution < 1.29 is 24.2 Å². The predicted molar refractivity (Wildman–Crippen MR) is 60.3 cm³/mol. The summed E-state index contributed by atoms with van der Waals surface area (Å²) in [6.07, 6.45) is -0.0969. The molecule has 1 rings (SSSR count). The molecule has 0 spiro atoms. The van der Waals surface area contributed by atoms with Crippen molar-refractivity contribution in [2.45, 2.75) is 25.2 Å². The fourth-order valence-corrected chi connectivity index (χ4v) is 1.44. The van der Waals surface area contributed by atoms with Crippen LogP contribution in [0.3, 0.4) is 0 Å². The average molecular weight is 259 g/mol. The Hall–Kier alpha value is -1.83. The Morgan fingerprint density at radius 2 is 2.17 bits per heavy atom. The van der Waals surface area contributed by atoms with Crippen LogP contribution in [-0.4, -0.2) is 60.4 Å². The lowest BCUT2D eigenvalue weighted by Crippen LogP contribution is -2.51. The van der Waals surface area contributed by atoms with Gasteiger partial charge in [-0.15, -0.1) is 0 Å². The largest absolute Gasteiger partial charge is 0.431 e. The second-order valence-corrected chi connectivity index (χ2v) is 4.41. The van der Waals surface area contributed by atoms with Crippen LogP contribution in [0.2, 0.25) is 0 Å². The number of urea groups is 1. The molecule has 1 heterocycles. The van der Waals surface area contributed by atoms with E-state index in [4.69, 9.17) is 0 Å². The third kappa shape index (κ3) is 3.59. The lowest BCUT2D eigenvalue weighted by molar-refractivity contribution is -0.186. The Bertz CT molecular complexity index is 367. The quantitative estimate of drug-likeness (QED) is 0.529. The maximum Gasteiger partial charge on any atom is 0.317 e. The van der Waals surface area contributed by atoms with E-state index in [1.807, 2.05) is 0 Å². The fourth-order valence-electron chi connectivity index (χ4n) is 1.44. The van der Waals surface area contributed by atoms with Gasteiger partial charge < -0.3 is 25.4 Å². The second kappa shape index (κ2) is 5.21. The molecule has 0 bridgehead atoms. The van der Waals surface area contributed by atoms with Crippen molar-refractivity contribution in [3.63, 3.8) is 0 Å². The third-order valence-corrected chi connectivity index (χ3v) is 2.48. The fraction of sp³-hybridized carbons (Fsp3) is 0.700. The van der Waals surface area contributed by atoms with Crippen molar-refractivity contribution in [1.29, 1.82) is 0 Å². The molecule has 8 heteroatoms. The van der Waals surface area contributed by atoms with Crippen LogP contribution >= 0.6 is 0 Å². The molecule has 0 aromatic rings. The number of aliphatic hydroxyl groups is 1. The van der Waals surface area contributed by atoms with Crippen molar-refractivity contribution in [3.05, 3.63) is 0 Å². The Labute approximate surface area is 104 Å². The number of hydrogen-bond donors (Lipinski definition) is 3. The van der Waals surface area contributed by atoms with Crippen LogP contribution in [0, 0.1) is 0 Å². The molecule has 0 aromatic carbocycles. The zero-order chi connectivity index (χ0) is 13.9. The van der Waals surface area contributed by atoms with Gasteiger partial charge in [0, 0.05) is 21.0 Å². The minimum Gasteiger partial charge on any atom is -0.431 e. The highest BCUT2D eigenvalue weighted by Crippen LogP contribution is 2.23. The van der Waals surface area contributed by atoms with E-state index in [9.17, 15) is 19.5 Å². The van der Waals surface area contributed by atoms with Gasteiger partial charge >= 0.3 is 12.0 Å². The van der Waals surface area contributed by atoms with Crippen molar-refractivity contribution in [2.75, 3.05) is 20.6 Å². The molecule has 1 aliphatic heterocycles. The molecule has 18 heavy (non-hydrogen) atoms. The van der Waals surface area contributed by atoms with Crippen molar-refractivity contribution in [2.24, 2.45) is 0 Å². The maximum absolute atomic E-state index is 11.5. The number of amides is 3. The van der Waals surface area contributed by atoms with Crippen molar-refractivity contribution in [3.8, 4) is 0 Å². The number of nitrogens with one attached hydrogen (secondary N) is 2. The van der Waals surface area contributed by atoms with E-state index in [1.165, 1.54) is 11.8 Å². The molecule has 0 saturated carbocycles. The summed E-state index contributed by atoms with van der Waals surface area (Å²) >= 11 is 0. The number of carbonyl (C=O) groups excluding carboxylic acids is 3. The number of carbonyl (C=O) groups is 3. The van der Waals surface area contributed by atoms with E-state index in [0.29, 0.717) is 0 Å². The van der Waals surface area contributed by atoms with Gasteiger partial charge in [-0.2, -0.15) is 0 Å². The van der Waals surface area contributed by atoms with E-state index >= 15 is 0 Å². The number of rotatable bonds is 3. The summed E-state index contributed by atoms with van der Waals surface area (Å²) in [5.41, 5.74) is 0. The summed E-state index contributed by atoms with van der Waals surface area (Å²) < 4.78 is 4.63. The first-order chi connectivity index (χ1) is 8.22. The number of cyclic esters (lactones) is 1. The molecule has 1 saturated heterocycles. The first-order valence-corrected chi connectivity index (χ1v) is 5.41. The minimum atomic E-state index is -1.71. The molecule has 1 aliphatic rings. The number of nitrogens with zero attached hydrogens (tertiary/aromatic N) is 1. The van der Waals surface area contributed by atoms with Crippen LogP contribution in [0.5, 0.6) is 0 Å². The van der Waals surface area contributed by atoms with Gasteiger partial charge in [0.05, 0.1) is 13.0 Å². The van der Waals surface area contributed by atoms with Gasteiger partial charge in [0.2, 0.25) is 11.7 Å². The molecule has 1 fully saturated rings. The lowest BCUT2D eigenvalue weighted by atomic mass is 10.1. The van der Waals surface area contributed by atoms with Gasteiger partial charge in [0.25, 0.3) is 0 Å². The number of esters is 1. The van der Waals surface area contributed by atoms with Gasteiger partial charge in [-0.3, -0.25) is 9.59 Å². The molecular formula is C10H17N3O5. The normalized spacial score (nSPS) is 26.4. The molecule has 3 N–H and O–H groups in total. The molecule has 2 unspecified atom stereocenters. The van der Waals surface area contributed by atoms with E-state index in [1.54, 1.807) is 14.1 Å². The molecule has 2 atom stereocenters. The number of hydrogen-bond acceptors (Lipinski definition) is 5. The minimum absolute atomic E-state index is 0.0969. The van der Waals surface area contributed by atoms with Crippen LogP contribution in [0.1, 0.15) is 13.3 Å². The average Bonchev–Trinajstić information content (AvgIpc) is 2.48. The highest BCUT2D eigenvalue weighted by atomic mass is 16.7. The first-order valence-electron chi connectivity index (χ1n) is 5.41. The third-order valence-electron chi connectivity index (χ3n) is 2.48. The summed E-state index contributed by atoms with van der Waals surface area (Å²) in [6, 6.07) is -1.22. The van der Waals surface area contributed by atoms with E-state index < -0.39 is 29.7 Å². The lowest BCUT2D eigenvalue weighted by Gasteiger charge is -2.23. The zero-order valence-electron chi connectivity index (χ0n) is 10.5. The summed E-state index contributed by atoms with van der Waals surface area (Å²) in [5.74, 6) is -2.80. The van der Waals surface area contributed by atoms with Gasteiger partial charge in [-0.05, 0) is 0 Å². The summed E-state index contributed by atoms with van der Waals surface area (Å²) in [5, 5.41) is 14.5. The predicted octanol–water partition coefficient (Wildman–Crippen LogP) is -1.60. The van der Waals surface area contributed by atoms with E-state index in [2.05, 4.69) is 15.4 Å². The van der Waals surface area contributed by atoms with Gasteiger partial charge in [0.15, 0.2) is 0 Å². The highest BCUT2D eigenvalue weighted by Gasteiger charge is 2.44. The maximum atomic E-state index is 11.5. The Morgan fingerprint density at radius 3 is 2.61 bits per heavy atom. The van der Waals surface area contributed by atoms with Crippen LogP contribution < -0.4 is 10.6 Å². The molecule has 102 valence electrons. The van der Waals surface area contributed by atoms with Crippen LogP contribution in [-0.2, 0) is 14.3 Å². The monoisotopic (exact) mass is 259 g/mol. The molecule has 0 aromatic heterocycles. The molecule has 0 radical (unpaired) electrons. The SMILES string of the molecule is CN(C)C(=O)NCC(=O)NC1CC(=O)OC1(C)O. The van der Waals surface area contributed by atoms with Gasteiger partial charge in [0.1, 0.15) is 6.04 Å². The van der Waals surface area contributed by atoms with Crippen molar-refractivity contribution >= 4 is 17.9 Å². The highest BCUT2D eigenvalue weighted by molar-refractivity contribution is 5.85. The van der Waals surface area contributed by atoms with Crippen LogP contribution in [0.4, 0.5) is 4.79 Å². The van der Waals surface area contributed by atoms with Gasteiger partial charge in [-0.1, -0.05) is 0 Å². The van der Waals surface area contributed by atoms with Crippen molar-refractivity contribution in [1.82, 2.24) is 15.5 Å². The summed E-state index contributed by atoms with van der Waals surface area (Å²) in [7, 11) is 3.09. The Morgan fingerprint density at radius 1 is 1.56 bits per heavy atom. The second-order valence-electron chi connectivity index (χ2n) is 4.41. The molecule has 0 aliphatic carbocycles. The zero-order valence-corrected chi connectivity index (χ0v) is 10.5. The van der Waals surface area contributed by atoms with Crippen LogP contribution in [0.15, 0.2) is 0 Å².